The molecule has 1 aliphatic heterocycles. The molecule has 7 atom stereocenters. The van der Waals surface area contributed by atoms with Crippen LogP contribution in [-0.2, 0) is 55.3 Å². The summed E-state index contributed by atoms with van der Waals surface area (Å²) < 4.78 is 46.4. The van der Waals surface area contributed by atoms with Gasteiger partial charge in [-0.3, -0.25) is 4.79 Å². The Hall–Kier alpha value is -5.05. The van der Waals surface area contributed by atoms with E-state index < -0.39 is 55.3 Å². The molecule has 11 nitrogen and oxygen atoms in total. The van der Waals surface area contributed by atoms with Gasteiger partial charge in [-0.2, -0.15) is 0 Å². The lowest BCUT2D eigenvalue weighted by Crippen LogP contribution is -2.72. The number of ketones is 1. The Morgan fingerprint density at radius 3 is 1.94 bits per heavy atom. The number of hydrogen-bond acceptors (Lipinski definition) is 11. The number of methoxy groups -OCH3 is 2. The lowest BCUT2D eigenvalue weighted by molar-refractivity contribution is -0.255. The van der Waals surface area contributed by atoms with Gasteiger partial charge < -0.3 is 48.2 Å². The Morgan fingerprint density at radius 1 is 0.788 bits per heavy atom. The van der Waals surface area contributed by atoms with Crippen LogP contribution >= 0.6 is 0 Å². The Kier molecular flexibility index (Phi) is 13.1. The average Bonchev–Trinajstić information content (AvgIpc) is 3.28. The summed E-state index contributed by atoms with van der Waals surface area (Å²) in [5.41, 5.74) is -2.38. The molecular weight excluding hydrogens is 853 g/mol. The van der Waals surface area contributed by atoms with E-state index in [2.05, 4.69) is 33.9 Å². The van der Waals surface area contributed by atoms with Crippen LogP contribution in [0.2, 0.25) is 18.1 Å². The second-order valence-electron chi connectivity index (χ2n) is 19.9. The number of rotatable bonds is 14. The topological polar surface area (TPSA) is 142 Å². The van der Waals surface area contributed by atoms with Gasteiger partial charge in [0.05, 0.1) is 56.2 Å². The van der Waals surface area contributed by atoms with Crippen LogP contribution in [0, 0.1) is 0 Å². The van der Waals surface area contributed by atoms with Gasteiger partial charge in [-0.05, 0) is 66.9 Å². The van der Waals surface area contributed by atoms with Gasteiger partial charge in [0.25, 0.3) is 0 Å². The highest BCUT2D eigenvalue weighted by atomic mass is 28.4. The number of fused-ring (bicyclic) bond motifs is 4. The fourth-order valence-corrected chi connectivity index (χ4v) is 10.9. The lowest BCUT2D eigenvalue weighted by atomic mass is 9.56. The molecule has 1 fully saturated rings. The van der Waals surface area contributed by atoms with Gasteiger partial charge in [-0.25, -0.2) is 0 Å². The summed E-state index contributed by atoms with van der Waals surface area (Å²) in [4.78, 5) is 14.7. The summed E-state index contributed by atoms with van der Waals surface area (Å²) in [7, 11) is 0.575. The number of aliphatic hydroxyl groups is 3. The van der Waals surface area contributed by atoms with E-state index in [1.54, 1.807) is 6.92 Å². The van der Waals surface area contributed by atoms with Crippen molar-refractivity contribution >= 4 is 30.6 Å². The van der Waals surface area contributed by atoms with E-state index in [1.165, 1.54) is 14.2 Å². The average molecular weight is 917 g/mol. The number of carbonyl (C=O) groups is 1. The monoisotopic (exact) mass is 916 g/mol. The Balaban J connectivity index is 1.28. The van der Waals surface area contributed by atoms with E-state index in [9.17, 15) is 20.1 Å². The smallest absolute Gasteiger partial charge is 0.193 e. The predicted octanol–water partition coefficient (Wildman–Crippen LogP) is 9.35. The first-order valence-corrected chi connectivity index (χ1v) is 25.7. The summed E-state index contributed by atoms with van der Waals surface area (Å²) >= 11 is 0. The third-order valence-corrected chi connectivity index (χ3v) is 18.7. The van der Waals surface area contributed by atoms with Gasteiger partial charge >= 0.3 is 0 Å². The van der Waals surface area contributed by atoms with Crippen molar-refractivity contribution in [3.63, 3.8) is 0 Å². The number of aliphatic hydroxyl groups excluding tert-OH is 1. The highest BCUT2D eigenvalue weighted by Gasteiger charge is 2.69. The molecule has 0 aromatic heterocycles. The number of benzene rings is 5. The van der Waals surface area contributed by atoms with Crippen molar-refractivity contribution in [3.8, 4) is 17.2 Å². The fourth-order valence-electron chi connectivity index (χ4n) is 9.69. The third kappa shape index (κ3) is 8.57. The summed E-state index contributed by atoms with van der Waals surface area (Å²) in [6.07, 6.45) is -1.68. The second-order valence-corrected chi connectivity index (χ2v) is 24.6. The molecule has 1 heterocycles. The zero-order valence-electron chi connectivity index (χ0n) is 39.6. The number of hydrogen-bond donors (Lipinski definition) is 3. The SMILES string of the molecule is COc1c2c(c(OC)c3c(OCc4ccccc4)c(C4=CC(O[Si](C)(C)C(C)(C)C)C(OCc5ccccc5)C(C)O4)ccc13)C[C@@H](O)[C@]1(O)C[C@@](C)(OCc3ccccc3)CC(=O)[C@]21O. The van der Waals surface area contributed by atoms with Crippen molar-refractivity contribution in [2.45, 2.75) is 133 Å². The molecule has 350 valence electrons. The standard InChI is InChI=1S/C54H64O11Si/c1-34-47(61-30-35-19-13-10-14-20-35)42(65-66(8,9)51(2,3)4)28-41(64-34)38-25-26-39-45(49(38)62-31-36-21-15-11-16-22-36)48(59-6)40-27-43(55)53(57)33-52(5,63-32-37-23-17-12-18-24-37)29-44(56)54(53,58)46(40)50(39)60-7/h10-26,28,34,42-43,47,55,57-58H,27,29-33H2,1-9H3/t34?,42?,43-,47?,52+,53-,54+/m1/s1. The van der Waals surface area contributed by atoms with Crippen LogP contribution in [0.1, 0.15) is 80.8 Å². The minimum atomic E-state index is -2.60. The predicted molar refractivity (Wildman–Crippen MR) is 256 cm³/mol. The van der Waals surface area contributed by atoms with E-state index in [-0.39, 0.29) is 54.6 Å². The highest BCUT2D eigenvalue weighted by Crippen LogP contribution is 2.60. The maximum atomic E-state index is 14.7. The van der Waals surface area contributed by atoms with Crippen molar-refractivity contribution in [3.05, 3.63) is 143 Å². The second kappa shape index (κ2) is 18.2. The Bertz CT molecular complexity index is 2580. The Labute approximate surface area is 389 Å². The number of Topliss-reactive ketones (excluding diaryl/α,β-unsaturated/α-hetero) is 1. The first kappa shape index (κ1) is 47.4. The van der Waals surface area contributed by atoms with Crippen LogP contribution in [-0.4, -0.2) is 79.3 Å². The molecule has 5 aromatic rings. The van der Waals surface area contributed by atoms with Crippen LogP contribution in [0.4, 0.5) is 0 Å². The summed E-state index contributed by atoms with van der Waals surface area (Å²) in [5.74, 6) is 0.591. The van der Waals surface area contributed by atoms with Gasteiger partial charge in [-0.15, -0.1) is 0 Å². The lowest BCUT2D eigenvalue weighted by Gasteiger charge is -2.56. The van der Waals surface area contributed by atoms with Crippen LogP contribution < -0.4 is 14.2 Å². The molecular formula is C54H64O11Si. The molecule has 0 radical (unpaired) electrons. The first-order valence-electron chi connectivity index (χ1n) is 22.8. The molecule has 3 N–H and O–H groups in total. The van der Waals surface area contributed by atoms with Gasteiger partial charge in [0.1, 0.15) is 47.4 Å². The minimum absolute atomic E-state index is 0.0435. The van der Waals surface area contributed by atoms with Crippen molar-refractivity contribution in [2.24, 2.45) is 0 Å². The van der Waals surface area contributed by atoms with E-state index in [1.807, 2.05) is 116 Å². The van der Waals surface area contributed by atoms with Gasteiger partial charge in [0, 0.05) is 35.8 Å². The molecule has 2 aliphatic carbocycles. The van der Waals surface area contributed by atoms with Crippen LogP contribution in [0.15, 0.2) is 109 Å². The molecule has 1 saturated carbocycles. The van der Waals surface area contributed by atoms with Gasteiger partial charge in [0.2, 0.25) is 0 Å². The summed E-state index contributed by atoms with van der Waals surface area (Å²) in [6, 6.07) is 33.0. The first-order chi connectivity index (χ1) is 31.3. The van der Waals surface area contributed by atoms with E-state index in [4.69, 9.17) is 32.8 Å². The van der Waals surface area contributed by atoms with E-state index in [0.717, 1.165) is 16.7 Å². The molecule has 0 spiro atoms. The van der Waals surface area contributed by atoms with Crippen molar-refractivity contribution < 1.29 is 53.0 Å². The van der Waals surface area contributed by atoms with Crippen molar-refractivity contribution in [2.75, 3.05) is 14.2 Å². The van der Waals surface area contributed by atoms with Crippen LogP contribution in [0.3, 0.4) is 0 Å². The molecule has 3 unspecified atom stereocenters. The largest absolute Gasteiger partial charge is 0.496 e. The van der Waals surface area contributed by atoms with Crippen LogP contribution in [0.5, 0.6) is 17.2 Å². The maximum absolute atomic E-state index is 14.7. The van der Waals surface area contributed by atoms with Crippen molar-refractivity contribution in [1.29, 1.82) is 0 Å². The normalized spacial score (nSPS) is 26.5. The number of ether oxygens (including phenoxy) is 6. The quantitative estimate of drug-likeness (QED) is 0.0918. The molecule has 0 saturated heterocycles. The van der Waals surface area contributed by atoms with Gasteiger partial charge in [-0.1, -0.05) is 112 Å². The minimum Gasteiger partial charge on any atom is -0.496 e. The fraction of sp³-hybridized carbons (Fsp3) is 0.426. The molecule has 5 aromatic carbocycles. The zero-order chi connectivity index (χ0) is 47.2. The molecule has 8 rings (SSSR count). The number of carbonyl (C=O) groups excluding carboxylic acids is 1. The third-order valence-electron chi connectivity index (χ3n) is 14.2. The molecule has 3 aliphatic rings. The Morgan fingerprint density at radius 2 is 1.36 bits per heavy atom. The molecule has 12 heteroatoms. The summed E-state index contributed by atoms with van der Waals surface area (Å²) in [6.45, 7) is 15.5. The van der Waals surface area contributed by atoms with E-state index in [0.29, 0.717) is 40.0 Å². The molecule has 0 amide bonds. The molecule has 0 bridgehead atoms. The van der Waals surface area contributed by atoms with E-state index >= 15 is 0 Å². The highest BCUT2D eigenvalue weighted by molar-refractivity contribution is 6.74. The summed E-state index contributed by atoms with van der Waals surface area (Å²) in [5, 5.41) is 38.5. The van der Waals surface area contributed by atoms with Gasteiger partial charge in [0.15, 0.2) is 19.7 Å². The van der Waals surface area contributed by atoms with Crippen LogP contribution in [0.25, 0.3) is 16.5 Å². The zero-order valence-corrected chi connectivity index (χ0v) is 40.6. The maximum Gasteiger partial charge on any atom is 0.193 e. The molecule has 66 heavy (non-hydrogen) atoms. The van der Waals surface area contributed by atoms with Crippen molar-refractivity contribution in [1.82, 2.24) is 0 Å².